The lowest BCUT2D eigenvalue weighted by Crippen LogP contribution is -2.41. The zero-order valence-corrected chi connectivity index (χ0v) is 15.7. The van der Waals surface area contributed by atoms with Crippen LogP contribution in [-0.2, 0) is 14.3 Å². The first-order chi connectivity index (χ1) is 13.5. The molecule has 0 aliphatic heterocycles. The van der Waals surface area contributed by atoms with Gasteiger partial charge in [0.05, 0.1) is 6.61 Å². The molecule has 0 aliphatic rings. The Labute approximate surface area is 163 Å². The Bertz CT molecular complexity index is 849. The van der Waals surface area contributed by atoms with Crippen LogP contribution in [0.5, 0.6) is 5.75 Å². The quantitative estimate of drug-likeness (QED) is 0.566. The predicted octanol–water partition coefficient (Wildman–Crippen LogP) is 3.38. The molecule has 28 heavy (non-hydrogen) atoms. The van der Waals surface area contributed by atoms with Crippen LogP contribution in [0.4, 0.5) is 10.5 Å². The number of esters is 1. The number of ether oxygens (including phenoxy) is 2. The van der Waals surface area contributed by atoms with Crippen molar-refractivity contribution >= 4 is 29.7 Å². The van der Waals surface area contributed by atoms with Gasteiger partial charge in [-0.05, 0) is 38.1 Å². The first-order valence-corrected chi connectivity index (χ1v) is 8.77. The molecule has 0 radical (unpaired) electrons. The minimum atomic E-state index is -1.14. The molecule has 7 nitrogen and oxygen atoms in total. The third-order valence-corrected chi connectivity index (χ3v) is 3.55. The van der Waals surface area contributed by atoms with Crippen molar-refractivity contribution in [1.29, 1.82) is 0 Å². The molecule has 2 N–H and O–H groups in total. The van der Waals surface area contributed by atoms with Crippen LogP contribution in [0.15, 0.2) is 60.7 Å². The zero-order chi connectivity index (χ0) is 20.4. The number of para-hydroxylation sites is 2. The fraction of sp³-hybridized carbons (Fsp3) is 0.190. The lowest BCUT2D eigenvalue weighted by molar-refractivity contribution is -0.149. The number of amides is 3. The summed E-state index contributed by atoms with van der Waals surface area (Å²) < 4.78 is 10.5. The molecule has 0 heterocycles. The van der Waals surface area contributed by atoms with Crippen LogP contribution in [0.3, 0.4) is 0 Å². The van der Waals surface area contributed by atoms with Gasteiger partial charge in [0.1, 0.15) is 5.75 Å². The molecule has 1 unspecified atom stereocenters. The van der Waals surface area contributed by atoms with Gasteiger partial charge >= 0.3 is 12.0 Å². The van der Waals surface area contributed by atoms with Crippen molar-refractivity contribution in [3.8, 4) is 5.75 Å². The summed E-state index contributed by atoms with van der Waals surface area (Å²) in [4.78, 5) is 35.8. The Hall–Kier alpha value is -3.61. The molecule has 7 heteroatoms. The molecule has 0 saturated heterocycles. The number of carbonyl (C=O) groups excluding carboxylic acids is 3. The summed E-state index contributed by atoms with van der Waals surface area (Å²) in [6.07, 6.45) is 1.60. The number of hydrogen-bond donors (Lipinski definition) is 2. The average molecular weight is 382 g/mol. The second-order valence-electron chi connectivity index (χ2n) is 5.69. The van der Waals surface area contributed by atoms with Crippen LogP contribution in [0.1, 0.15) is 19.4 Å². The lowest BCUT2D eigenvalue weighted by Gasteiger charge is -2.12. The van der Waals surface area contributed by atoms with E-state index < -0.39 is 24.0 Å². The van der Waals surface area contributed by atoms with E-state index >= 15 is 0 Å². The van der Waals surface area contributed by atoms with Crippen molar-refractivity contribution in [3.05, 3.63) is 66.2 Å². The molecular formula is C21H22N2O5. The van der Waals surface area contributed by atoms with Gasteiger partial charge in [0.25, 0.3) is 5.91 Å². The maximum Gasteiger partial charge on any atom is 0.331 e. The highest BCUT2D eigenvalue weighted by Crippen LogP contribution is 2.19. The summed E-state index contributed by atoms with van der Waals surface area (Å²) in [5.41, 5.74) is 1.24. The van der Waals surface area contributed by atoms with Crippen molar-refractivity contribution in [1.82, 2.24) is 5.32 Å². The number of hydrogen-bond acceptors (Lipinski definition) is 5. The van der Waals surface area contributed by atoms with E-state index in [-0.39, 0.29) is 0 Å². The van der Waals surface area contributed by atoms with E-state index in [1.54, 1.807) is 48.5 Å². The summed E-state index contributed by atoms with van der Waals surface area (Å²) in [5.74, 6) is -0.806. The smallest absolute Gasteiger partial charge is 0.331 e. The first-order valence-electron chi connectivity index (χ1n) is 8.77. The summed E-state index contributed by atoms with van der Waals surface area (Å²) in [6, 6.07) is 15.2. The minimum absolute atomic E-state index is 0.498. The van der Waals surface area contributed by atoms with Gasteiger partial charge in [-0.15, -0.1) is 0 Å². The maximum absolute atomic E-state index is 12.0. The van der Waals surface area contributed by atoms with Crippen molar-refractivity contribution in [2.45, 2.75) is 20.0 Å². The number of carbonyl (C=O) groups is 3. The Balaban J connectivity index is 1.86. The number of urea groups is 1. The molecular weight excluding hydrogens is 360 g/mol. The Morgan fingerprint density at radius 3 is 2.43 bits per heavy atom. The molecule has 0 bridgehead atoms. The number of benzene rings is 2. The van der Waals surface area contributed by atoms with Crippen molar-refractivity contribution in [2.24, 2.45) is 0 Å². The van der Waals surface area contributed by atoms with E-state index in [0.29, 0.717) is 23.6 Å². The normalized spacial score (nSPS) is 11.5. The van der Waals surface area contributed by atoms with Gasteiger partial charge in [0.15, 0.2) is 6.10 Å². The van der Waals surface area contributed by atoms with Gasteiger partial charge < -0.3 is 14.8 Å². The van der Waals surface area contributed by atoms with Gasteiger partial charge in [0, 0.05) is 17.3 Å². The van der Waals surface area contributed by atoms with Crippen molar-refractivity contribution in [3.63, 3.8) is 0 Å². The molecule has 2 aromatic carbocycles. The van der Waals surface area contributed by atoms with Crippen LogP contribution >= 0.6 is 0 Å². The van der Waals surface area contributed by atoms with E-state index in [4.69, 9.17) is 9.47 Å². The van der Waals surface area contributed by atoms with E-state index in [1.165, 1.54) is 13.0 Å². The molecule has 0 fully saturated rings. The van der Waals surface area contributed by atoms with Crippen LogP contribution < -0.4 is 15.4 Å². The predicted molar refractivity (Wildman–Crippen MR) is 106 cm³/mol. The van der Waals surface area contributed by atoms with Crippen molar-refractivity contribution in [2.75, 3.05) is 11.9 Å². The summed E-state index contributed by atoms with van der Waals surface area (Å²) in [6.45, 7) is 3.74. The largest absolute Gasteiger partial charge is 0.493 e. The molecule has 146 valence electrons. The Morgan fingerprint density at radius 2 is 1.71 bits per heavy atom. The summed E-state index contributed by atoms with van der Waals surface area (Å²) in [7, 11) is 0. The lowest BCUT2D eigenvalue weighted by atomic mass is 10.2. The second kappa shape index (κ2) is 10.5. The summed E-state index contributed by atoms with van der Waals surface area (Å²) >= 11 is 0. The topological polar surface area (TPSA) is 93.7 Å². The third-order valence-electron chi connectivity index (χ3n) is 3.55. The highest BCUT2D eigenvalue weighted by molar-refractivity contribution is 6.03. The molecule has 3 amide bonds. The molecule has 2 rings (SSSR count). The van der Waals surface area contributed by atoms with Crippen LogP contribution in [0, 0.1) is 0 Å². The van der Waals surface area contributed by atoms with E-state index in [9.17, 15) is 14.4 Å². The Morgan fingerprint density at radius 1 is 1.04 bits per heavy atom. The molecule has 0 saturated carbocycles. The first kappa shape index (κ1) is 20.7. The molecule has 0 aliphatic carbocycles. The third kappa shape index (κ3) is 6.60. The highest BCUT2D eigenvalue weighted by atomic mass is 16.5. The SMILES string of the molecule is CCOc1ccccc1/C=C/C(=O)OC(C)C(=O)NC(=O)Nc1ccccc1. The fourth-order valence-electron chi connectivity index (χ4n) is 2.23. The molecule has 2 aromatic rings. The fourth-order valence-corrected chi connectivity index (χ4v) is 2.23. The highest BCUT2D eigenvalue weighted by Gasteiger charge is 2.19. The van der Waals surface area contributed by atoms with Crippen LogP contribution in [-0.4, -0.2) is 30.6 Å². The second-order valence-corrected chi connectivity index (χ2v) is 5.69. The average Bonchev–Trinajstić information content (AvgIpc) is 2.68. The van der Waals surface area contributed by atoms with Gasteiger partial charge in [0.2, 0.25) is 0 Å². The van der Waals surface area contributed by atoms with Crippen LogP contribution in [0.2, 0.25) is 0 Å². The number of anilines is 1. The molecule has 1 atom stereocenters. The zero-order valence-electron chi connectivity index (χ0n) is 15.7. The molecule has 0 aromatic heterocycles. The summed E-state index contributed by atoms with van der Waals surface area (Å²) in [5, 5.41) is 4.63. The van der Waals surface area contributed by atoms with Gasteiger partial charge in [-0.1, -0.05) is 36.4 Å². The van der Waals surface area contributed by atoms with Crippen LogP contribution in [0.25, 0.3) is 6.08 Å². The van der Waals surface area contributed by atoms with Crippen molar-refractivity contribution < 1.29 is 23.9 Å². The van der Waals surface area contributed by atoms with Gasteiger partial charge in [-0.2, -0.15) is 0 Å². The number of imide groups is 1. The number of rotatable bonds is 7. The maximum atomic E-state index is 12.0. The van der Waals surface area contributed by atoms with Gasteiger partial charge in [-0.3, -0.25) is 10.1 Å². The van der Waals surface area contributed by atoms with Gasteiger partial charge in [-0.25, -0.2) is 9.59 Å². The van der Waals surface area contributed by atoms with E-state index in [2.05, 4.69) is 10.6 Å². The molecule has 0 spiro atoms. The number of nitrogens with one attached hydrogen (secondary N) is 2. The van der Waals surface area contributed by atoms with E-state index in [0.717, 1.165) is 0 Å². The standard InChI is InChI=1S/C21H22N2O5/c1-3-27-18-12-8-7-9-16(18)13-14-19(24)28-15(2)20(25)23-21(26)22-17-10-5-4-6-11-17/h4-15H,3H2,1-2H3,(H2,22,23,25,26)/b14-13+. The monoisotopic (exact) mass is 382 g/mol. The minimum Gasteiger partial charge on any atom is -0.493 e. The van der Waals surface area contributed by atoms with E-state index in [1.807, 2.05) is 19.1 Å². The Kier molecular flexibility index (Phi) is 7.77.